The fraction of sp³-hybridized carbons (Fsp3) is 0.278. The minimum atomic E-state index is -1.10. The molecular formula is C18H18ClF2NO. The van der Waals surface area contributed by atoms with E-state index in [2.05, 4.69) is 5.32 Å². The van der Waals surface area contributed by atoms with Crippen molar-refractivity contribution in [3.05, 3.63) is 70.2 Å². The van der Waals surface area contributed by atoms with Crippen LogP contribution in [0.2, 0.25) is 5.02 Å². The molecule has 2 aromatic carbocycles. The zero-order chi connectivity index (χ0) is 17.0. The monoisotopic (exact) mass is 337 g/mol. The minimum Gasteiger partial charge on any atom is -0.345 e. The van der Waals surface area contributed by atoms with Crippen LogP contribution in [-0.4, -0.2) is 5.91 Å². The summed E-state index contributed by atoms with van der Waals surface area (Å²) in [5, 5.41) is 2.74. The number of rotatable bonds is 5. The Balaban J connectivity index is 2.26. The Morgan fingerprint density at radius 3 is 2.35 bits per heavy atom. The van der Waals surface area contributed by atoms with Crippen LogP contribution in [0.25, 0.3) is 0 Å². The molecule has 0 bridgehead atoms. The van der Waals surface area contributed by atoms with E-state index in [4.69, 9.17) is 11.6 Å². The number of hydrogen-bond donors (Lipinski definition) is 1. The largest absolute Gasteiger partial charge is 0.345 e. The van der Waals surface area contributed by atoms with E-state index in [0.29, 0.717) is 5.92 Å². The molecule has 0 aliphatic rings. The van der Waals surface area contributed by atoms with Crippen molar-refractivity contribution in [2.45, 2.75) is 26.3 Å². The first-order valence-electron chi connectivity index (χ1n) is 7.39. The third-order valence-corrected chi connectivity index (χ3v) is 3.78. The fourth-order valence-electron chi connectivity index (χ4n) is 2.37. The van der Waals surface area contributed by atoms with Crippen LogP contribution in [0.1, 0.15) is 42.2 Å². The molecule has 0 radical (unpaired) electrons. The van der Waals surface area contributed by atoms with Gasteiger partial charge in [0.05, 0.1) is 16.6 Å². The standard InChI is InChI=1S/C18H18ClF2NO/c1-11(2)8-17(12-6-4-3-5-7-12)22-18(23)13-9-15(20)16(21)10-14(13)19/h3-7,9-11,17H,8H2,1-2H3,(H,22,23). The quantitative estimate of drug-likeness (QED) is 0.752. The average molecular weight is 338 g/mol. The highest BCUT2D eigenvalue weighted by atomic mass is 35.5. The Morgan fingerprint density at radius 1 is 1.13 bits per heavy atom. The molecule has 1 amide bonds. The summed E-state index contributed by atoms with van der Waals surface area (Å²) >= 11 is 5.86. The van der Waals surface area contributed by atoms with E-state index in [1.165, 1.54) is 0 Å². The van der Waals surface area contributed by atoms with Crippen LogP contribution >= 0.6 is 11.6 Å². The number of amides is 1. The number of benzene rings is 2. The fourth-order valence-corrected chi connectivity index (χ4v) is 2.60. The zero-order valence-corrected chi connectivity index (χ0v) is 13.7. The van der Waals surface area contributed by atoms with Crippen LogP contribution in [0.3, 0.4) is 0 Å². The first-order chi connectivity index (χ1) is 10.9. The lowest BCUT2D eigenvalue weighted by molar-refractivity contribution is 0.0931. The third-order valence-electron chi connectivity index (χ3n) is 3.47. The average Bonchev–Trinajstić information content (AvgIpc) is 2.50. The third kappa shape index (κ3) is 4.52. The zero-order valence-electron chi connectivity index (χ0n) is 12.9. The molecule has 2 aromatic rings. The molecule has 2 nitrogen and oxygen atoms in total. The minimum absolute atomic E-state index is 0.0738. The van der Waals surface area contributed by atoms with Crippen molar-refractivity contribution in [2.75, 3.05) is 0 Å². The molecule has 23 heavy (non-hydrogen) atoms. The van der Waals surface area contributed by atoms with E-state index in [1.54, 1.807) is 0 Å². The molecule has 0 saturated carbocycles. The molecule has 0 heterocycles. The van der Waals surface area contributed by atoms with Crippen molar-refractivity contribution in [2.24, 2.45) is 5.92 Å². The van der Waals surface area contributed by atoms with Gasteiger partial charge in [0.1, 0.15) is 0 Å². The highest BCUT2D eigenvalue weighted by molar-refractivity contribution is 6.33. The first kappa shape index (κ1) is 17.4. The molecular weight excluding hydrogens is 320 g/mol. The van der Waals surface area contributed by atoms with Crippen molar-refractivity contribution in [1.82, 2.24) is 5.32 Å². The van der Waals surface area contributed by atoms with Gasteiger partial charge in [-0.1, -0.05) is 55.8 Å². The van der Waals surface area contributed by atoms with Gasteiger partial charge in [0.15, 0.2) is 11.6 Å². The summed E-state index contributed by atoms with van der Waals surface area (Å²) in [7, 11) is 0. The SMILES string of the molecule is CC(C)CC(NC(=O)c1cc(F)c(F)cc1Cl)c1ccccc1. The van der Waals surface area contributed by atoms with Crippen LogP contribution in [0.5, 0.6) is 0 Å². The molecule has 1 unspecified atom stereocenters. The van der Waals surface area contributed by atoms with Gasteiger partial charge >= 0.3 is 0 Å². The predicted molar refractivity (Wildman–Crippen MR) is 87.5 cm³/mol. The second kappa shape index (κ2) is 7.55. The number of halogens is 3. The van der Waals surface area contributed by atoms with E-state index >= 15 is 0 Å². The van der Waals surface area contributed by atoms with Crippen LogP contribution in [0, 0.1) is 17.6 Å². The lowest BCUT2D eigenvalue weighted by atomic mass is 9.96. The maximum absolute atomic E-state index is 13.4. The maximum Gasteiger partial charge on any atom is 0.253 e. The molecule has 0 fully saturated rings. The molecule has 2 rings (SSSR count). The summed E-state index contributed by atoms with van der Waals surface area (Å²) in [5.41, 5.74) is 0.878. The molecule has 0 spiro atoms. The molecule has 0 aliphatic heterocycles. The summed E-state index contributed by atoms with van der Waals surface area (Å²) < 4.78 is 26.5. The normalized spacial score (nSPS) is 12.3. The predicted octanol–water partition coefficient (Wildman–Crippen LogP) is 5.14. The van der Waals surface area contributed by atoms with Gasteiger partial charge in [-0.15, -0.1) is 0 Å². The van der Waals surface area contributed by atoms with Gasteiger partial charge in [-0.2, -0.15) is 0 Å². The van der Waals surface area contributed by atoms with Gasteiger partial charge in [0.25, 0.3) is 5.91 Å². The molecule has 122 valence electrons. The van der Waals surface area contributed by atoms with Gasteiger partial charge < -0.3 is 5.32 Å². The topological polar surface area (TPSA) is 29.1 Å². The van der Waals surface area contributed by atoms with Crippen LogP contribution < -0.4 is 5.32 Å². The Kier molecular flexibility index (Phi) is 5.72. The number of hydrogen-bond acceptors (Lipinski definition) is 1. The van der Waals surface area contributed by atoms with E-state index in [1.807, 2.05) is 44.2 Å². The Labute approximate surface area is 139 Å². The Morgan fingerprint density at radius 2 is 1.74 bits per heavy atom. The molecule has 0 saturated heterocycles. The molecule has 5 heteroatoms. The Hall–Kier alpha value is -1.94. The van der Waals surface area contributed by atoms with Crippen molar-refractivity contribution in [3.63, 3.8) is 0 Å². The lowest BCUT2D eigenvalue weighted by Crippen LogP contribution is -2.30. The summed E-state index contributed by atoms with van der Waals surface area (Å²) in [4.78, 5) is 12.4. The molecule has 0 aromatic heterocycles. The van der Waals surface area contributed by atoms with Crippen LogP contribution in [0.4, 0.5) is 8.78 Å². The number of nitrogens with one attached hydrogen (secondary N) is 1. The van der Waals surface area contributed by atoms with E-state index in [0.717, 1.165) is 24.1 Å². The smallest absolute Gasteiger partial charge is 0.253 e. The van der Waals surface area contributed by atoms with Gasteiger partial charge in [0.2, 0.25) is 0 Å². The first-order valence-corrected chi connectivity index (χ1v) is 7.76. The van der Waals surface area contributed by atoms with Crippen molar-refractivity contribution < 1.29 is 13.6 Å². The van der Waals surface area contributed by atoms with Crippen molar-refractivity contribution >= 4 is 17.5 Å². The number of carbonyl (C=O) groups excluding carboxylic acids is 1. The maximum atomic E-state index is 13.4. The number of carbonyl (C=O) groups is 1. The van der Waals surface area contributed by atoms with E-state index in [9.17, 15) is 13.6 Å². The van der Waals surface area contributed by atoms with Crippen LogP contribution in [-0.2, 0) is 0 Å². The van der Waals surface area contributed by atoms with Crippen molar-refractivity contribution in [1.29, 1.82) is 0 Å². The van der Waals surface area contributed by atoms with Crippen molar-refractivity contribution in [3.8, 4) is 0 Å². The lowest BCUT2D eigenvalue weighted by Gasteiger charge is -2.21. The van der Waals surface area contributed by atoms with Gasteiger partial charge in [-0.25, -0.2) is 8.78 Å². The van der Waals surface area contributed by atoms with Gasteiger partial charge in [-0.05, 0) is 30.0 Å². The summed E-state index contributed by atoms with van der Waals surface area (Å²) in [6.45, 7) is 4.10. The van der Waals surface area contributed by atoms with E-state index < -0.39 is 17.5 Å². The van der Waals surface area contributed by atoms with Crippen LogP contribution in [0.15, 0.2) is 42.5 Å². The summed E-state index contributed by atoms with van der Waals surface area (Å²) in [6.07, 6.45) is 0.719. The molecule has 1 N–H and O–H groups in total. The molecule has 0 aliphatic carbocycles. The second-order valence-electron chi connectivity index (χ2n) is 5.81. The highest BCUT2D eigenvalue weighted by Crippen LogP contribution is 2.24. The summed E-state index contributed by atoms with van der Waals surface area (Å²) in [6, 6.07) is 10.9. The second-order valence-corrected chi connectivity index (χ2v) is 6.22. The van der Waals surface area contributed by atoms with E-state index in [-0.39, 0.29) is 16.6 Å². The highest BCUT2D eigenvalue weighted by Gasteiger charge is 2.20. The molecule has 1 atom stereocenters. The van der Waals surface area contributed by atoms with Gasteiger partial charge in [-0.3, -0.25) is 4.79 Å². The summed E-state index contributed by atoms with van der Waals surface area (Å²) in [5.74, 6) is -2.35. The van der Waals surface area contributed by atoms with Gasteiger partial charge in [0, 0.05) is 0 Å². The Bertz CT molecular complexity index is 689.